The van der Waals surface area contributed by atoms with E-state index < -0.39 is 15.7 Å². The van der Waals surface area contributed by atoms with E-state index in [4.69, 9.17) is 0 Å². The molecule has 7 heteroatoms. The van der Waals surface area contributed by atoms with Crippen LogP contribution < -0.4 is 10.2 Å². The van der Waals surface area contributed by atoms with E-state index in [9.17, 15) is 18.0 Å². The second-order valence-electron chi connectivity index (χ2n) is 7.84. The van der Waals surface area contributed by atoms with Crippen LogP contribution in [-0.4, -0.2) is 32.5 Å². The summed E-state index contributed by atoms with van der Waals surface area (Å²) in [5, 5.41) is 2.70. The summed E-state index contributed by atoms with van der Waals surface area (Å²) in [5.74, 6) is -0.752. The highest BCUT2D eigenvalue weighted by atomic mass is 32.2. The third-order valence-electron chi connectivity index (χ3n) is 5.53. The Morgan fingerprint density at radius 2 is 1.62 bits per heavy atom. The molecule has 0 aliphatic carbocycles. The molecule has 1 heterocycles. The Balaban J connectivity index is 1.35. The van der Waals surface area contributed by atoms with Gasteiger partial charge in [-0.2, -0.15) is 0 Å². The third kappa shape index (κ3) is 4.73. The van der Waals surface area contributed by atoms with Crippen molar-refractivity contribution in [2.24, 2.45) is 0 Å². The molecule has 1 aliphatic rings. The number of carbonyl (C=O) groups is 2. The van der Waals surface area contributed by atoms with Crippen molar-refractivity contribution in [3.05, 3.63) is 89.5 Å². The van der Waals surface area contributed by atoms with Gasteiger partial charge in [0.2, 0.25) is 5.91 Å². The molecule has 0 unspecified atom stereocenters. The Bertz CT molecular complexity index is 1250. The highest BCUT2D eigenvalue weighted by Gasteiger charge is 2.25. The van der Waals surface area contributed by atoms with E-state index in [1.165, 1.54) is 0 Å². The molecule has 1 aliphatic heterocycles. The number of amides is 2. The lowest BCUT2D eigenvalue weighted by Crippen LogP contribution is -2.28. The second kappa shape index (κ2) is 8.96. The number of fused-ring (bicyclic) bond motifs is 1. The molecule has 164 valence electrons. The summed E-state index contributed by atoms with van der Waals surface area (Å²) in [4.78, 5) is 27.1. The minimum atomic E-state index is -3.53. The Hall–Kier alpha value is -3.45. The number of nitrogens with one attached hydrogen (secondary N) is 1. The van der Waals surface area contributed by atoms with Gasteiger partial charge in [-0.25, -0.2) is 8.42 Å². The summed E-state index contributed by atoms with van der Waals surface area (Å²) in [6.45, 7) is 2.53. The molecule has 4 rings (SSSR count). The normalized spacial score (nSPS) is 13.0. The molecule has 0 saturated carbocycles. The van der Waals surface area contributed by atoms with Crippen LogP contribution in [0, 0.1) is 6.92 Å². The van der Waals surface area contributed by atoms with Gasteiger partial charge in [0.25, 0.3) is 5.91 Å². The molecule has 0 saturated heterocycles. The molecule has 0 spiro atoms. The lowest BCUT2D eigenvalue weighted by atomic mass is 10.1. The third-order valence-corrected chi connectivity index (χ3v) is 7.26. The summed E-state index contributed by atoms with van der Waals surface area (Å²) in [6, 6.07) is 21.1. The van der Waals surface area contributed by atoms with Crippen LogP contribution in [0.3, 0.4) is 0 Å². The van der Waals surface area contributed by atoms with Crippen LogP contribution in [0.1, 0.15) is 27.9 Å². The van der Waals surface area contributed by atoms with Gasteiger partial charge in [-0.05, 0) is 61.4 Å². The maximum absolute atomic E-state index is 12.9. The smallest absolute Gasteiger partial charge is 0.258 e. The lowest BCUT2D eigenvalue weighted by Gasteiger charge is -2.17. The van der Waals surface area contributed by atoms with Crippen molar-refractivity contribution < 1.29 is 18.0 Å². The zero-order valence-electron chi connectivity index (χ0n) is 17.7. The first kappa shape index (κ1) is 21.8. The fourth-order valence-corrected chi connectivity index (χ4v) is 4.96. The Morgan fingerprint density at radius 1 is 0.938 bits per heavy atom. The van der Waals surface area contributed by atoms with Gasteiger partial charge >= 0.3 is 0 Å². The number of anilines is 2. The van der Waals surface area contributed by atoms with Gasteiger partial charge in [0, 0.05) is 29.9 Å². The molecule has 3 aromatic rings. The van der Waals surface area contributed by atoms with E-state index in [2.05, 4.69) is 5.32 Å². The SMILES string of the molecule is Cc1ccc(S(=O)(=O)CCC(=O)Nc2ccc(C(=O)N3CCc4ccccc43)cc2)cc1. The molecule has 0 atom stereocenters. The van der Waals surface area contributed by atoms with Crippen LogP contribution in [0.5, 0.6) is 0 Å². The molecule has 32 heavy (non-hydrogen) atoms. The highest BCUT2D eigenvalue weighted by Crippen LogP contribution is 2.29. The van der Waals surface area contributed by atoms with Crippen LogP contribution in [0.4, 0.5) is 11.4 Å². The molecule has 0 aromatic heterocycles. The Labute approximate surface area is 187 Å². The van der Waals surface area contributed by atoms with Gasteiger partial charge in [-0.3, -0.25) is 9.59 Å². The van der Waals surface area contributed by atoms with Crippen molar-refractivity contribution in [1.82, 2.24) is 0 Å². The molecule has 0 radical (unpaired) electrons. The van der Waals surface area contributed by atoms with E-state index >= 15 is 0 Å². The average Bonchev–Trinajstić information content (AvgIpc) is 3.22. The largest absolute Gasteiger partial charge is 0.326 e. The summed E-state index contributed by atoms with van der Waals surface area (Å²) < 4.78 is 24.8. The van der Waals surface area contributed by atoms with Crippen molar-refractivity contribution >= 4 is 33.0 Å². The number of sulfone groups is 1. The van der Waals surface area contributed by atoms with E-state index in [0.717, 1.165) is 23.2 Å². The minimum absolute atomic E-state index is 0.0861. The number of aryl methyl sites for hydroxylation is 1. The zero-order chi connectivity index (χ0) is 22.7. The second-order valence-corrected chi connectivity index (χ2v) is 9.95. The standard InChI is InChI=1S/C25H24N2O4S/c1-18-6-12-22(13-7-18)32(30,31)17-15-24(28)26-21-10-8-20(9-11-21)25(29)27-16-14-19-4-2-3-5-23(19)27/h2-13H,14-17H2,1H3,(H,26,28). The van der Waals surface area contributed by atoms with Gasteiger partial charge in [-0.1, -0.05) is 35.9 Å². The van der Waals surface area contributed by atoms with Gasteiger partial charge in [-0.15, -0.1) is 0 Å². The van der Waals surface area contributed by atoms with Crippen molar-refractivity contribution in [2.45, 2.75) is 24.7 Å². The predicted octanol–water partition coefficient (Wildman–Crippen LogP) is 4.00. The molecule has 6 nitrogen and oxygen atoms in total. The topological polar surface area (TPSA) is 83.5 Å². The van der Waals surface area contributed by atoms with E-state index in [1.807, 2.05) is 31.2 Å². The van der Waals surface area contributed by atoms with Crippen molar-refractivity contribution in [1.29, 1.82) is 0 Å². The Morgan fingerprint density at radius 3 is 2.34 bits per heavy atom. The quantitative estimate of drug-likeness (QED) is 0.618. The van der Waals surface area contributed by atoms with Crippen LogP contribution in [0.25, 0.3) is 0 Å². The summed E-state index contributed by atoms with van der Waals surface area (Å²) in [7, 11) is -3.53. The number of hydrogen-bond acceptors (Lipinski definition) is 4. The zero-order valence-corrected chi connectivity index (χ0v) is 18.6. The summed E-state index contributed by atoms with van der Waals surface area (Å²) >= 11 is 0. The van der Waals surface area contributed by atoms with Gasteiger partial charge in [0.15, 0.2) is 9.84 Å². The van der Waals surface area contributed by atoms with Crippen LogP contribution in [0.2, 0.25) is 0 Å². The monoisotopic (exact) mass is 448 g/mol. The Kier molecular flexibility index (Phi) is 6.10. The predicted molar refractivity (Wildman–Crippen MR) is 125 cm³/mol. The first-order chi connectivity index (χ1) is 15.3. The highest BCUT2D eigenvalue weighted by molar-refractivity contribution is 7.91. The number of para-hydroxylation sites is 1. The summed E-state index contributed by atoms with van der Waals surface area (Å²) in [6.07, 6.45) is 0.684. The van der Waals surface area contributed by atoms with Crippen LogP contribution >= 0.6 is 0 Å². The fraction of sp³-hybridized carbons (Fsp3) is 0.200. The van der Waals surface area contributed by atoms with Gasteiger partial charge in [0.05, 0.1) is 10.6 Å². The molecule has 3 aromatic carbocycles. The average molecular weight is 449 g/mol. The van der Waals surface area contributed by atoms with Gasteiger partial charge in [0.1, 0.15) is 0 Å². The van der Waals surface area contributed by atoms with E-state index in [-0.39, 0.29) is 23.0 Å². The molecule has 2 amide bonds. The first-order valence-corrected chi connectivity index (χ1v) is 12.1. The molecular weight excluding hydrogens is 424 g/mol. The van der Waals surface area contributed by atoms with Crippen molar-refractivity contribution in [3.63, 3.8) is 0 Å². The molecule has 0 fully saturated rings. The fourth-order valence-electron chi connectivity index (χ4n) is 3.72. The van der Waals surface area contributed by atoms with E-state index in [0.29, 0.717) is 17.8 Å². The molecular formula is C25H24N2O4S. The van der Waals surface area contributed by atoms with Crippen LogP contribution in [0.15, 0.2) is 77.7 Å². The number of nitrogens with zero attached hydrogens (tertiary/aromatic N) is 1. The number of benzene rings is 3. The minimum Gasteiger partial charge on any atom is -0.326 e. The summed E-state index contributed by atoms with van der Waals surface area (Å²) in [5.41, 5.74) is 4.11. The number of hydrogen-bond donors (Lipinski definition) is 1. The molecule has 1 N–H and O–H groups in total. The first-order valence-electron chi connectivity index (χ1n) is 10.4. The van der Waals surface area contributed by atoms with Crippen LogP contribution in [-0.2, 0) is 21.1 Å². The van der Waals surface area contributed by atoms with Gasteiger partial charge < -0.3 is 10.2 Å². The van der Waals surface area contributed by atoms with E-state index in [1.54, 1.807) is 53.4 Å². The maximum atomic E-state index is 12.9. The van der Waals surface area contributed by atoms with Crippen molar-refractivity contribution in [3.8, 4) is 0 Å². The maximum Gasteiger partial charge on any atom is 0.258 e. The number of rotatable bonds is 6. The molecule has 0 bridgehead atoms. The van der Waals surface area contributed by atoms with Crippen molar-refractivity contribution in [2.75, 3.05) is 22.5 Å². The number of carbonyl (C=O) groups excluding carboxylic acids is 2. The lowest BCUT2D eigenvalue weighted by molar-refractivity contribution is -0.115.